The zero-order chi connectivity index (χ0) is 27.5. The molecular weight excluding hydrogens is 550 g/mol. The number of hydrogen-bond acceptors (Lipinski definition) is 5. The molecule has 1 fully saturated rings. The lowest BCUT2D eigenvalue weighted by Crippen LogP contribution is -2.54. The smallest absolute Gasteiger partial charge is 0.270 e. The van der Waals surface area contributed by atoms with Crippen molar-refractivity contribution in [1.29, 1.82) is 0 Å². The van der Waals surface area contributed by atoms with E-state index in [9.17, 15) is 9.59 Å². The number of nitrogens with one attached hydrogen (secondary N) is 1. The number of thiocarbonyl (C=S) groups is 1. The summed E-state index contributed by atoms with van der Waals surface area (Å²) in [5.41, 5.74) is 2.78. The molecule has 3 aromatic carbocycles. The third kappa shape index (κ3) is 5.68. The fourth-order valence-electron chi connectivity index (χ4n) is 4.06. The molecule has 1 aliphatic rings. The molecule has 1 aliphatic heterocycles. The van der Waals surface area contributed by atoms with Crippen LogP contribution < -0.4 is 15.0 Å². The minimum atomic E-state index is -0.587. The molecule has 1 unspecified atom stereocenters. The van der Waals surface area contributed by atoms with Crippen molar-refractivity contribution < 1.29 is 14.3 Å². The quantitative estimate of drug-likeness (QED) is 0.115. The molecule has 1 atom stereocenters. The summed E-state index contributed by atoms with van der Waals surface area (Å²) in [6.07, 6.45) is 3.32. The lowest BCUT2D eigenvalue weighted by atomic mass is 10.1. The number of carbonyl (C=O) groups excluding carboxylic acids is 2. The van der Waals surface area contributed by atoms with Gasteiger partial charge < -0.3 is 9.30 Å². The number of rotatable bonds is 6. The Morgan fingerprint density at radius 1 is 0.846 bits per heavy atom. The molecule has 0 aliphatic carbocycles. The van der Waals surface area contributed by atoms with Crippen molar-refractivity contribution >= 4 is 64.7 Å². The van der Waals surface area contributed by atoms with E-state index >= 15 is 0 Å². The Labute approximate surface area is 241 Å². The lowest BCUT2D eigenvalue weighted by Gasteiger charge is -2.29. The van der Waals surface area contributed by atoms with E-state index in [1.54, 1.807) is 36.4 Å². The number of anilines is 1. The lowest BCUT2D eigenvalue weighted by molar-refractivity contribution is -0.122. The van der Waals surface area contributed by atoms with Gasteiger partial charge >= 0.3 is 0 Å². The summed E-state index contributed by atoms with van der Waals surface area (Å²) in [6.45, 7) is 1.91. The molecule has 0 radical (unpaired) electrons. The van der Waals surface area contributed by atoms with Gasteiger partial charge in [0.2, 0.25) is 0 Å². The van der Waals surface area contributed by atoms with Gasteiger partial charge in [0.25, 0.3) is 11.8 Å². The van der Waals surface area contributed by atoms with Crippen LogP contribution in [0.25, 0.3) is 11.8 Å². The molecule has 2 amide bonds. The van der Waals surface area contributed by atoms with E-state index in [0.717, 1.165) is 11.3 Å². The van der Waals surface area contributed by atoms with Crippen molar-refractivity contribution in [3.63, 3.8) is 0 Å². The second kappa shape index (κ2) is 11.3. The summed E-state index contributed by atoms with van der Waals surface area (Å²) in [5.74, 6) is 0.149. The van der Waals surface area contributed by atoms with Gasteiger partial charge in [-0.2, -0.15) is 0 Å². The number of benzene rings is 3. The van der Waals surface area contributed by atoms with Crippen LogP contribution in [0.4, 0.5) is 5.69 Å². The van der Waals surface area contributed by atoms with Crippen molar-refractivity contribution in [1.82, 2.24) is 9.88 Å². The molecular formula is C30H22ClN3O3S2. The number of ether oxygens (including phenoxy) is 1. The van der Waals surface area contributed by atoms with Crippen molar-refractivity contribution in [2.45, 2.75) is 12.3 Å². The average Bonchev–Trinajstić information content (AvgIpc) is 2.93. The Morgan fingerprint density at radius 2 is 1.49 bits per heavy atom. The van der Waals surface area contributed by atoms with Crippen molar-refractivity contribution in [2.24, 2.45) is 0 Å². The summed E-state index contributed by atoms with van der Waals surface area (Å²) in [7, 11) is 0. The summed E-state index contributed by atoms with van der Waals surface area (Å²) < 4.78 is 8.09. The summed E-state index contributed by atoms with van der Waals surface area (Å²) >= 11 is 17.2. The highest BCUT2D eigenvalue weighted by atomic mass is 35.5. The van der Waals surface area contributed by atoms with Crippen LogP contribution in [0.2, 0.25) is 0 Å². The average molecular weight is 572 g/mol. The van der Waals surface area contributed by atoms with Crippen molar-refractivity contribution in [3.8, 4) is 17.2 Å². The normalized spacial score (nSPS) is 15.3. The number of nitrogens with zero attached hydrogens (tertiary/aromatic N) is 2. The molecule has 6 nitrogen and oxygen atoms in total. The zero-order valence-corrected chi connectivity index (χ0v) is 23.1. The van der Waals surface area contributed by atoms with Crippen LogP contribution in [0.3, 0.4) is 0 Å². The van der Waals surface area contributed by atoms with Crippen LogP contribution >= 0.6 is 36.0 Å². The first kappa shape index (κ1) is 26.5. The SMILES string of the molecule is CC(Cl)c1ccc(-n2cccc(C=C3C(=O)NC(=S)N(c4ccc(Oc5ccccc5)cc4)C3=O)c2=S)cc1. The Kier molecular flexibility index (Phi) is 7.70. The second-order valence-electron chi connectivity index (χ2n) is 8.71. The maximum absolute atomic E-state index is 13.5. The standard InChI is InChI=1S/C30H22ClN3O3S2/c1-19(31)20-9-11-22(12-10-20)33-17-5-6-21(29(33)38)18-26-27(35)32-30(39)34(28(26)36)23-13-15-25(16-14-23)37-24-7-3-2-4-8-24/h2-19H,1H3,(H,32,35,39). The van der Waals surface area contributed by atoms with Gasteiger partial charge in [-0.05, 0) is 85.4 Å². The fourth-order valence-corrected chi connectivity index (χ4v) is 4.78. The van der Waals surface area contributed by atoms with Crippen molar-refractivity contribution in [3.05, 3.63) is 119 Å². The van der Waals surface area contributed by atoms with Crippen LogP contribution in [-0.2, 0) is 9.59 Å². The number of aromatic nitrogens is 1. The van der Waals surface area contributed by atoms with E-state index in [1.807, 2.05) is 72.3 Å². The van der Waals surface area contributed by atoms with Gasteiger partial charge in [-0.3, -0.25) is 19.8 Å². The third-order valence-electron chi connectivity index (χ3n) is 6.08. The monoisotopic (exact) mass is 571 g/mol. The molecule has 9 heteroatoms. The number of alkyl halides is 1. The summed E-state index contributed by atoms with van der Waals surface area (Å²) in [4.78, 5) is 27.6. The van der Waals surface area contributed by atoms with E-state index in [1.165, 1.54) is 11.0 Å². The van der Waals surface area contributed by atoms with Crippen LogP contribution in [-0.4, -0.2) is 21.5 Å². The first-order valence-corrected chi connectivity index (χ1v) is 13.3. The Balaban J connectivity index is 1.43. The number of halogens is 1. The number of carbonyl (C=O) groups is 2. The Morgan fingerprint density at radius 3 is 2.15 bits per heavy atom. The molecule has 0 saturated carbocycles. The Hall–Kier alpha value is -4.11. The Bertz CT molecular complexity index is 1650. The topological polar surface area (TPSA) is 63.6 Å². The summed E-state index contributed by atoms with van der Waals surface area (Å²) in [5, 5.41) is 2.49. The number of pyridine rings is 1. The maximum Gasteiger partial charge on any atom is 0.270 e. The molecule has 2 heterocycles. The highest BCUT2D eigenvalue weighted by Crippen LogP contribution is 2.27. The molecule has 1 saturated heterocycles. The van der Waals surface area contributed by atoms with Gasteiger partial charge in [0, 0.05) is 17.4 Å². The van der Waals surface area contributed by atoms with E-state index in [2.05, 4.69) is 5.32 Å². The van der Waals surface area contributed by atoms with Gasteiger partial charge in [0.15, 0.2) is 5.11 Å². The minimum Gasteiger partial charge on any atom is -0.457 e. The molecule has 0 spiro atoms. The molecule has 1 N–H and O–H groups in total. The van der Waals surface area contributed by atoms with Gasteiger partial charge in [0.1, 0.15) is 21.7 Å². The van der Waals surface area contributed by atoms with E-state index in [4.69, 9.17) is 40.8 Å². The van der Waals surface area contributed by atoms with Crippen LogP contribution in [0, 0.1) is 4.64 Å². The second-order valence-corrected chi connectivity index (χ2v) is 10.1. The number of hydrogen-bond donors (Lipinski definition) is 1. The maximum atomic E-state index is 13.5. The molecule has 4 aromatic rings. The van der Waals surface area contributed by atoms with Crippen LogP contribution in [0.1, 0.15) is 23.4 Å². The van der Waals surface area contributed by atoms with Gasteiger partial charge in [-0.25, -0.2) is 0 Å². The highest BCUT2D eigenvalue weighted by Gasteiger charge is 2.34. The van der Waals surface area contributed by atoms with Crippen LogP contribution in [0.15, 0.2) is 103 Å². The first-order valence-electron chi connectivity index (χ1n) is 12.0. The number of para-hydroxylation sites is 1. The molecule has 0 bridgehead atoms. The molecule has 5 rings (SSSR count). The molecule has 39 heavy (non-hydrogen) atoms. The highest BCUT2D eigenvalue weighted by molar-refractivity contribution is 7.80. The molecule has 194 valence electrons. The first-order chi connectivity index (χ1) is 18.8. The predicted octanol–water partition coefficient (Wildman–Crippen LogP) is 7.13. The molecule has 1 aromatic heterocycles. The number of amides is 2. The van der Waals surface area contributed by atoms with Crippen LogP contribution in [0.5, 0.6) is 11.5 Å². The van der Waals surface area contributed by atoms with E-state index in [0.29, 0.717) is 27.4 Å². The van der Waals surface area contributed by atoms with Gasteiger partial charge in [-0.15, -0.1) is 11.6 Å². The fraction of sp³-hybridized carbons (Fsp3) is 0.0667. The largest absolute Gasteiger partial charge is 0.457 e. The minimum absolute atomic E-state index is 0.00536. The summed E-state index contributed by atoms with van der Waals surface area (Å²) in [6, 6.07) is 27.5. The third-order valence-corrected chi connectivity index (χ3v) is 7.05. The van der Waals surface area contributed by atoms with E-state index in [-0.39, 0.29) is 16.1 Å². The zero-order valence-electron chi connectivity index (χ0n) is 20.7. The van der Waals surface area contributed by atoms with Gasteiger partial charge in [0.05, 0.1) is 11.1 Å². The van der Waals surface area contributed by atoms with E-state index < -0.39 is 11.8 Å². The predicted molar refractivity (Wildman–Crippen MR) is 160 cm³/mol. The van der Waals surface area contributed by atoms with Crippen molar-refractivity contribution in [2.75, 3.05) is 4.90 Å². The van der Waals surface area contributed by atoms with Gasteiger partial charge in [-0.1, -0.05) is 48.6 Å².